The standard InChI is InChI=1S/C16H21N5O2/c1-23-15-4-2-14(3-5-15)21-11-13(19-20-21)10-18-16(22)12-6-8-17-9-7-12/h2-5,11-12,17H,6-10H2,1H3,(H,18,22). The minimum absolute atomic E-state index is 0.102. The summed E-state index contributed by atoms with van der Waals surface area (Å²) < 4.78 is 6.82. The van der Waals surface area contributed by atoms with Gasteiger partial charge in [0, 0.05) is 5.92 Å². The van der Waals surface area contributed by atoms with E-state index in [2.05, 4.69) is 20.9 Å². The topological polar surface area (TPSA) is 81.1 Å². The Balaban J connectivity index is 1.57. The van der Waals surface area contributed by atoms with Crippen LogP contribution in [0.2, 0.25) is 0 Å². The van der Waals surface area contributed by atoms with Gasteiger partial charge in [-0.1, -0.05) is 5.21 Å². The zero-order valence-electron chi connectivity index (χ0n) is 13.2. The maximum absolute atomic E-state index is 12.1. The number of carbonyl (C=O) groups excluding carboxylic acids is 1. The average molecular weight is 315 g/mol. The second kappa shape index (κ2) is 7.23. The van der Waals surface area contributed by atoms with Crippen LogP contribution in [0.1, 0.15) is 18.5 Å². The fraction of sp³-hybridized carbons (Fsp3) is 0.438. The summed E-state index contributed by atoms with van der Waals surface area (Å²) in [5.74, 6) is 1.00. The fourth-order valence-corrected chi connectivity index (χ4v) is 2.65. The lowest BCUT2D eigenvalue weighted by molar-refractivity contribution is -0.125. The lowest BCUT2D eigenvalue weighted by Crippen LogP contribution is -2.37. The molecule has 1 aliphatic rings. The first-order valence-electron chi connectivity index (χ1n) is 7.80. The highest BCUT2D eigenvalue weighted by Crippen LogP contribution is 2.14. The molecule has 0 spiro atoms. The molecule has 7 heteroatoms. The van der Waals surface area contributed by atoms with Crippen molar-refractivity contribution in [2.45, 2.75) is 19.4 Å². The van der Waals surface area contributed by atoms with Crippen molar-refractivity contribution in [3.63, 3.8) is 0 Å². The Labute approximate surface area is 135 Å². The van der Waals surface area contributed by atoms with E-state index >= 15 is 0 Å². The molecule has 122 valence electrons. The molecule has 7 nitrogen and oxygen atoms in total. The Morgan fingerprint density at radius 3 is 2.78 bits per heavy atom. The van der Waals surface area contributed by atoms with Gasteiger partial charge in [0.25, 0.3) is 0 Å². The van der Waals surface area contributed by atoms with Crippen LogP contribution in [0.25, 0.3) is 5.69 Å². The zero-order chi connectivity index (χ0) is 16.1. The van der Waals surface area contributed by atoms with E-state index in [0.717, 1.165) is 43.1 Å². The minimum atomic E-state index is 0.102. The molecular weight excluding hydrogens is 294 g/mol. The highest BCUT2D eigenvalue weighted by Gasteiger charge is 2.20. The number of aromatic nitrogens is 3. The van der Waals surface area contributed by atoms with Gasteiger partial charge in [-0.05, 0) is 50.2 Å². The first-order chi connectivity index (χ1) is 11.3. The number of ether oxygens (including phenoxy) is 1. The number of methoxy groups -OCH3 is 1. The van der Waals surface area contributed by atoms with E-state index < -0.39 is 0 Å². The lowest BCUT2D eigenvalue weighted by atomic mass is 9.97. The first kappa shape index (κ1) is 15.5. The van der Waals surface area contributed by atoms with Crippen molar-refractivity contribution in [1.29, 1.82) is 0 Å². The van der Waals surface area contributed by atoms with Crippen molar-refractivity contribution in [2.24, 2.45) is 5.92 Å². The van der Waals surface area contributed by atoms with E-state index in [1.165, 1.54) is 0 Å². The number of hydrogen-bond acceptors (Lipinski definition) is 5. The van der Waals surface area contributed by atoms with Crippen LogP contribution in [0.5, 0.6) is 5.75 Å². The maximum atomic E-state index is 12.1. The van der Waals surface area contributed by atoms with Gasteiger partial charge in [0.05, 0.1) is 25.5 Å². The smallest absolute Gasteiger partial charge is 0.223 e. The molecule has 1 saturated heterocycles. The molecule has 3 rings (SSSR count). The largest absolute Gasteiger partial charge is 0.497 e. The van der Waals surface area contributed by atoms with Gasteiger partial charge >= 0.3 is 0 Å². The molecule has 1 aromatic carbocycles. The lowest BCUT2D eigenvalue weighted by Gasteiger charge is -2.21. The predicted molar refractivity (Wildman–Crippen MR) is 85.4 cm³/mol. The normalized spacial score (nSPS) is 15.3. The van der Waals surface area contributed by atoms with Crippen molar-refractivity contribution in [2.75, 3.05) is 20.2 Å². The minimum Gasteiger partial charge on any atom is -0.497 e. The Hall–Kier alpha value is -2.41. The Bertz CT molecular complexity index is 647. The predicted octanol–water partition coefficient (Wildman–Crippen LogP) is 0.892. The molecule has 1 fully saturated rings. The molecule has 23 heavy (non-hydrogen) atoms. The van der Waals surface area contributed by atoms with Crippen LogP contribution in [0.4, 0.5) is 0 Å². The van der Waals surface area contributed by atoms with Crippen LogP contribution in [0.15, 0.2) is 30.5 Å². The van der Waals surface area contributed by atoms with Gasteiger partial charge in [-0.15, -0.1) is 5.10 Å². The van der Waals surface area contributed by atoms with E-state index in [9.17, 15) is 4.79 Å². The molecule has 0 radical (unpaired) electrons. The fourth-order valence-electron chi connectivity index (χ4n) is 2.65. The summed E-state index contributed by atoms with van der Waals surface area (Å²) in [7, 11) is 1.63. The molecule has 1 aromatic heterocycles. The van der Waals surface area contributed by atoms with Crippen molar-refractivity contribution >= 4 is 5.91 Å². The van der Waals surface area contributed by atoms with Gasteiger partial charge < -0.3 is 15.4 Å². The van der Waals surface area contributed by atoms with Crippen LogP contribution in [-0.2, 0) is 11.3 Å². The quantitative estimate of drug-likeness (QED) is 0.856. The molecule has 0 bridgehead atoms. The number of rotatable bonds is 5. The molecule has 1 amide bonds. The Kier molecular flexibility index (Phi) is 4.87. The van der Waals surface area contributed by atoms with E-state index in [0.29, 0.717) is 6.54 Å². The molecular formula is C16H21N5O2. The Morgan fingerprint density at radius 1 is 1.35 bits per heavy atom. The number of benzene rings is 1. The molecule has 2 N–H and O–H groups in total. The summed E-state index contributed by atoms with van der Waals surface area (Å²) in [5.41, 5.74) is 1.64. The van der Waals surface area contributed by atoms with Crippen molar-refractivity contribution in [3.8, 4) is 11.4 Å². The number of carbonyl (C=O) groups is 1. The summed E-state index contributed by atoms with van der Waals surface area (Å²) in [6, 6.07) is 7.56. The monoisotopic (exact) mass is 315 g/mol. The number of amides is 1. The maximum Gasteiger partial charge on any atom is 0.223 e. The van der Waals surface area contributed by atoms with E-state index in [4.69, 9.17) is 4.74 Å². The third kappa shape index (κ3) is 3.87. The summed E-state index contributed by atoms with van der Waals surface area (Å²) in [5, 5.41) is 14.4. The van der Waals surface area contributed by atoms with Crippen LogP contribution >= 0.6 is 0 Å². The second-order valence-corrected chi connectivity index (χ2v) is 5.59. The molecule has 2 aromatic rings. The average Bonchev–Trinajstić information content (AvgIpc) is 3.09. The van der Waals surface area contributed by atoms with E-state index in [-0.39, 0.29) is 11.8 Å². The molecule has 1 aliphatic heterocycles. The number of piperidine rings is 1. The van der Waals surface area contributed by atoms with Gasteiger partial charge in [0.2, 0.25) is 5.91 Å². The van der Waals surface area contributed by atoms with Gasteiger partial charge in [-0.2, -0.15) is 0 Å². The number of nitrogens with zero attached hydrogens (tertiary/aromatic N) is 3. The highest BCUT2D eigenvalue weighted by atomic mass is 16.5. The number of hydrogen-bond donors (Lipinski definition) is 2. The van der Waals surface area contributed by atoms with Gasteiger partial charge in [-0.3, -0.25) is 4.79 Å². The van der Waals surface area contributed by atoms with E-state index in [1.807, 2.05) is 30.5 Å². The molecule has 0 atom stereocenters. The first-order valence-corrected chi connectivity index (χ1v) is 7.80. The third-order valence-corrected chi connectivity index (χ3v) is 4.03. The van der Waals surface area contributed by atoms with Crippen LogP contribution in [-0.4, -0.2) is 41.1 Å². The second-order valence-electron chi connectivity index (χ2n) is 5.59. The van der Waals surface area contributed by atoms with Gasteiger partial charge in [0.15, 0.2) is 0 Å². The summed E-state index contributed by atoms with van der Waals surface area (Å²) >= 11 is 0. The van der Waals surface area contributed by atoms with Crippen molar-refractivity contribution in [3.05, 3.63) is 36.2 Å². The molecule has 0 unspecified atom stereocenters. The van der Waals surface area contributed by atoms with Crippen LogP contribution < -0.4 is 15.4 Å². The van der Waals surface area contributed by atoms with E-state index in [1.54, 1.807) is 11.8 Å². The zero-order valence-corrected chi connectivity index (χ0v) is 13.2. The molecule has 0 saturated carbocycles. The van der Waals surface area contributed by atoms with Gasteiger partial charge in [-0.25, -0.2) is 4.68 Å². The van der Waals surface area contributed by atoms with Crippen LogP contribution in [0.3, 0.4) is 0 Å². The third-order valence-electron chi connectivity index (χ3n) is 4.03. The van der Waals surface area contributed by atoms with Crippen LogP contribution in [0, 0.1) is 5.92 Å². The van der Waals surface area contributed by atoms with Crippen molar-refractivity contribution < 1.29 is 9.53 Å². The van der Waals surface area contributed by atoms with Crippen molar-refractivity contribution in [1.82, 2.24) is 25.6 Å². The Morgan fingerprint density at radius 2 is 2.09 bits per heavy atom. The highest BCUT2D eigenvalue weighted by molar-refractivity contribution is 5.78. The summed E-state index contributed by atoms with van der Waals surface area (Å²) in [4.78, 5) is 12.1. The molecule has 0 aliphatic carbocycles. The SMILES string of the molecule is COc1ccc(-n2cc(CNC(=O)C3CCNCC3)nn2)cc1. The number of nitrogens with one attached hydrogen (secondary N) is 2. The summed E-state index contributed by atoms with van der Waals surface area (Å²) in [6.07, 6.45) is 3.61. The summed E-state index contributed by atoms with van der Waals surface area (Å²) in [6.45, 7) is 2.22. The van der Waals surface area contributed by atoms with Gasteiger partial charge in [0.1, 0.15) is 11.4 Å². The molecule has 2 heterocycles.